The number of hydrogen-bond acceptors (Lipinski definition) is 13. The summed E-state index contributed by atoms with van der Waals surface area (Å²) in [5, 5.41) is 4.95. The number of phosphoric acid groups is 2. The van der Waals surface area contributed by atoms with Crippen LogP contribution in [0.15, 0.2) is 0 Å². The molecule has 0 aromatic heterocycles. The summed E-state index contributed by atoms with van der Waals surface area (Å²) in [6.45, 7) is 9.99. The van der Waals surface area contributed by atoms with Crippen LogP contribution in [-0.2, 0) is 59.9 Å². The SMILES string of the molecule is CCCCC.CCCCC.[B]C1CC(OP(=O)(O)OC)C(COP(=O)(NC(=O)CCCNC(=O)CCCCCC)OC2CC([B])OC2COP(=O)(O)OC)O1. The summed E-state index contributed by atoms with van der Waals surface area (Å²) in [7, 11) is 0.128. The van der Waals surface area contributed by atoms with Gasteiger partial charge in [-0.25, -0.2) is 13.7 Å². The minimum atomic E-state index is -4.59. The van der Waals surface area contributed by atoms with E-state index in [2.05, 4.69) is 54.1 Å². The maximum absolute atomic E-state index is 13.9. The molecule has 4 N–H and O–H groups in total. The van der Waals surface area contributed by atoms with Crippen molar-refractivity contribution in [3.8, 4) is 0 Å². The second-order valence-electron chi connectivity index (χ2n) is 13.1. The first-order valence-corrected chi connectivity index (χ1v) is 23.9. The summed E-state index contributed by atoms with van der Waals surface area (Å²) in [5.41, 5.74) is 0. The van der Waals surface area contributed by atoms with Crippen LogP contribution in [0.4, 0.5) is 0 Å². The predicted octanol–water partition coefficient (Wildman–Crippen LogP) is 6.33. The molecule has 2 aliphatic rings. The van der Waals surface area contributed by atoms with Crippen LogP contribution in [0.25, 0.3) is 0 Å². The molecule has 2 amide bonds. The number of nitrogens with one attached hydrogen (secondary N) is 2. The van der Waals surface area contributed by atoms with Gasteiger partial charge in [0.15, 0.2) is 0 Å². The average Bonchev–Trinajstić information content (AvgIpc) is 3.66. The molecule has 0 bridgehead atoms. The molecule has 2 saturated heterocycles. The second kappa shape index (κ2) is 30.4. The monoisotopic (exact) mass is 846 g/mol. The number of phosphoric ester groups is 2. The molecule has 0 aromatic carbocycles. The van der Waals surface area contributed by atoms with Crippen molar-refractivity contribution in [2.24, 2.45) is 0 Å². The van der Waals surface area contributed by atoms with E-state index in [9.17, 15) is 33.1 Å². The van der Waals surface area contributed by atoms with Gasteiger partial charge in [-0.2, -0.15) is 0 Å². The Balaban J connectivity index is 0.00000257. The van der Waals surface area contributed by atoms with E-state index in [4.69, 9.17) is 43.3 Å². The highest BCUT2D eigenvalue weighted by molar-refractivity contribution is 7.52. The first kappa shape index (κ1) is 54.4. The Hall–Kier alpha value is -0.640. The van der Waals surface area contributed by atoms with Crippen LogP contribution in [0.5, 0.6) is 0 Å². The summed E-state index contributed by atoms with van der Waals surface area (Å²) in [6, 6.07) is -1.87. The van der Waals surface area contributed by atoms with Crippen molar-refractivity contribution < 1.29 is 69.7 Å². The standard InChI is InChI=1S/C23H43B2N2O15P3.2C5H12/c1-4-5-6-7-9-22(28)26-11-8-10-23(29)27-43(30,37-14-18-17(13-21(25)39-18)42-45(33,34)36-3)41-16-12-20(24)40-19(16)15-38-44(31,32)35-2;2*1-3-5-4-2/h16-21H,4-15H2,1-3H3,(H,26,28)(H,31,32)(H,33,34)(H,27,29,30);2*3-5H2,1-2H3. The zero-order valence-corrected chi connectivity index (χ0v) is 36.6. The molecular formula is C33H67B2N2O15P3. The Morgan fingerprint density at radius 2 is 1.13 bits per heavy atom. The highest BCUT2D eigenvalue weighted by Crippen LogP contribution is 2.50. The second-order valence-corrected chi connectivity index (χ2v) is 17.8. The summed E-state index contributed by atoms with van der Waals surface area (Å²) < 4.78 is 78.5. The van der Waals surface area contributed by atoms with Crippen molar-refractivity contribution in [3.63, 3.8) is 0 Å². The number of carbonyl (C=O) groups is 2. The molecule has 2 fully saturated rings. The van der Waals surface area contributed by atoms with E-state index in [1.165, 1.54) is 38.5 Å². The van der Waals surface area contributed by atoms with E-state index in [1.54, 1.807) is 0 Å². The molecule has 320 valence electrons. The van der Waals surface area contributed by atoms with Crippen LogP contribution >= 0.6 is 23.4 Å². The Kier molecular flexibility index (Phi) is 30.1. The van der Waals surface area contributed by atoms with Crippen LogP contribution in [0.2, 0.25) is 0 Å². The summed E-state index contributed by atoms with van der Waals surface area (Å²) in [4.78, 5) is 44.1. The van der Waals surface area contributed by atoms with E-state index >= 15 is 0 Å². The molecule has 2 aliphatic heterocycles. The summed E-state index contributed by atoms with van der Waals surface area (Å²) in [5.74, 6) is -0.884. The molecule has 9 unspecified atom stereocenters. The fourth-order valence-corrected chi connectivity index (χ4v) is 7.69. The Labute approximate surface area is 331 Å². The van der Waals surface area contributed by atoms with E-state index in [0.717, 1.165) is 39.9 Å². The van der Waals surface area contributed by atoms with Gasteiger partial charge in [0.2, 0.25) is 11.8 Å². The lowest BCUT2D eigenvalue weighted by Crippen LogP contribution is -2.34. The third-order valence-corrected chi connectivity index (χ3v) is 11.6. The first-order chi connectivity index (χ1) is 25.9. The van der Waals surface area contributed by atoms with Crippen LogP contribution in [0.3, 0.4) is 0 Å². The Morgan fingerprint density at radius 1 is 0.655 bits per heavy atom. The zero-order valence-electron chi connectivity index (χ0n) is 33.9. The molecule has 0 spiro atoms. The largest absolute Gasteiger partial charge is 0.472 e. The number of ether oxygens (including phenoxy) is 2. The number of carbonyl (C=O) groups excluding carboxylic acids is 2. The Morgan fingerprint density at radius 3 is 1.60 bits per heavy atom. The molecular weight excluding hydrogens is 779 g/mol. The molecule has 0 aliphatic carbocycles. The van der Waals surface area contributed by atoms with E-state index in [0.29, 0.717) is 6.42 Å². The van der Waals surface area contributed by atoms with Gasteiger partial charge in [0.25, 0.3) is 0 Å². The van der Waals surface area contributed by atoms with Crippen molar-refractivity contribution in [2.45, 2.75) is 167 Å². The first-order valence-electron chi connectivity index (χ1n) is 19.4. The molecule has 2 heterocycles. The number of amides is 2. The summed E-state index contributed by atoms with van der Waals surface area (Å²) >= 11 is 0. The van der Waals surface area contributed by atoms with E-state index in [-0.39, 0.29) is 38.1 Å². The quantitative estimate of drug-likeness (QED) is 0.0424. The molecule has 55 heavy (non-hydrogen) atoms. The smallest absolute Gasteiger partial charge is 0.380 e. The van der Waals surface area contributed by atoms with Gasteiger partial charge in [-0.1, -0.05) is 92.4 Å². The molecule has 9 atom stereocenters. The lowest BCUT2D eigenvalue weighted by Gasteiger charge is -2.27. The van der Waals surface area contributed by atoms with Gasteiger partial charge in [0.05, 0.1) is 25.4 Å². The van der Waals surface area contributed by atoms with Gasteiger partial charge in [-0.05, 0) is 25.7 Å². The normalized spacial score (nSPS) is 25.3. The zero-order chi connectivity index (χ0) is 41.9. The number of rotatable bonds is 26. The van der Waals surface area contributed by atoms with Crippen molar-refractivity contribution in [2.75, 3.05) is 34.0 Å². The fraction of sp³-hybridized carbons (Fsp3) is 0.939. The Bertz CT molecular complexity index is 1190. The van der Waals surface area contributed by atoms with Gasteiger partial charge < -0.3 is 24.6 Å². The maximum Gasteiger partial charge on any atom is 0.472 e. The van der Waals surface area contributed by atoms with Gasteiger partial charge in [0.1, 0.15) is 27.9 Å². The molecule has 0 saturated carbocycles. The molecule has 4 radical (unpaired) electrons. The highest BCUT2D eigenvalue weighted by atomic mass is 31.2. The van der Waals surface area contributed by atoms with Crippen molar-refractivity contribution in [3.05, 3.63) is 0 Å². The van der Waals surface area contributed by atoms with Crippen molar-refractivity contribution in [1.82, 2.24) is 10.4 Å². The van der Waals surface area contributed by atoms with E-state index in [1.807, 2.05) is 0 Å². The highest BCUT2D eigenvalue weighted by Gasteiger charge is 2.44. The van der Waals surface area contributed by atoms with Gasteiger partial charge in [-0.3, -0.25) is 41.8 Å². The minimum Gasteiger partial charge on any atom is -0.380 e. The van der Waals surface area contributed by atoms with Crippen LogP contribution in [0.1, 0.15) is 131 Å². The number of hydrogen-bond donors (Lipinski definition) is 4. The minimum absolute atomic E-state index is 0.0325. The molecule has 22 heteroatoms. The maximum atomic E-state index is 13.9. The van der Waals surface area contributed by atoms with Gasteiger partial charge in [-0.15, -0.1) is 0 Å². The number of unbranched alkanes of at least 4 members (excludes halogenated alkanes) is 7. The molecule has 0 aromatic rings. The van der Waals surface area contributed by atoms with Gasteiger partial charge >= 0.3 is 23.4 Å². The van der Waals surface area contributed by atoms with Crippen molar-refractivity contribution >= 4 is 50.9 Å². The average molecular weight is 846 g/mol. The predicted molar refractivity (Wildman–Crippen MR) is 211 cm³/mol. The molecule has 2 rings (SSSR count). The fourth-order valence-electron chi connectivity index (χ4n) is 5.08. The van der Waals surface area contributed by atoms with Crippen LogP contribution < -0.4 is 10.4 Å². The topological polar surface area (TPSA) is 224 Å². The van der Waals surface area contributed by atoms with Gasteiger partial charge in [0, 0.05) is 45.6 Å². The third kappa shape index (κ3) is 26.2. The van der Waals surface area contributed by atoms with Crippen LogP contribution in [0, 0.1) is 0 Å². The lowest BCUT2D eigenvalue weighted by molar-refractivity contribution is -0.122. The third-order valence-electron chi connectivity index (χ3n) is 8.11. The van der Waals surface area contributed by atoms with Crippen LogP contribution in [-0.4, -0.2) is 108 Å². The molecule has 17 nitrogen and oxygen atoms in total. The van der Waals surface area contributed by atoms with Crippen molar-refractivity contribution in [1.29, 1.82) is 0 Å². The van der Waals surface area contributed by atoms with E-state index < -0.39 is 78.9 Å². The summed E-state index contributed by atoms with van der Waals surface area (Å²) in [6.07, 6.45) is 7.78. The lowest BCUT2D eigenvalue weighted by atomic mass is 9.96.